The molecule has 2 N–H and O–H groups in total. The zero-order valence-corrected chi connectivity index (χ0v) is 9.56. The molecule has 0 heterocycles. The van der Waals surface area contributed by atoms with E-state index in [0.717, 1.165) is 0 Å². The predicted octanol–water partition coefficient (Wildman–Crippen LogP) is 0.231. The lowest BCUT2D eigenvalue weighted by molar-refractivity contribution is -0.00196. The summed E-state index contributed by atoms with van der Waals surface area (Å²) in [6, 6.07) is 0.563. The second-order valence-electron chi connectivity index (χ2n) is 4.12. The molecular formula is C11H23NO3. The Balaban J connectivity index is 2.22. The SMILES string of the molecule is CCOCC(O)CN(CCO)C1CCC1. The Morgan fingerprint density at radius 1 is 1.47 bits per heavy atom. The van der Waals surface area contributed by atoms with Gasteiger partial charge in [-0.3, -0.25) is 4.90 Å². The Labute approximate surface area is 91.8 Å². The molecule has 0 bridgehead atoms. The van der Waals surface area contributed by atoms with Crippen molar-refractivity contribution >= 4 is 0 Å². The van der Waals surface area contributed by atoms with E-state index < -0.39 is 6.10 Å². The van der Waals surface area contributed by atoms with Crippen LogP contribution in [0, 0.1) is 0 Å². The zero-order valence-electron chi connectivity index (χ0n) is 9.56. The molecule has 1 unspecified atom stereocenters. The van der Waals surface area contributed by atoms with E-state index in [-0.39, 0.29) is 6.61 Å². The van der Waals surface area contributed by atoms with Crippen molar-refractivity contribution in [2.24, 2.45) is 0 Å². The average Bonchev–Trinajstić information content (AvgIpc) is 2.12. The largest absolute Gasteiger partial charge is 0.395 e. The van der Waals surface area contributed by atoms with Crippen molar-refractivity contribution in [1.82, 2.24) is 4.90 Å². The molecule has 0 amide bonds. The Hall–Kier alpha value is -0.160. The fourth-order valence-corrected chi connectivity index (χ4v) is 1.88. The van der Waals surface area contributed by atoms with Crippen LogP contribution in [0.4, 0.5) is 0 Å². The number of aliphatic hydroxyl groups excluding tert-OH is 2. The summed E-state index contributed by atoms with van der Waals surface area (Å²) in [4.78, 5) is 2.17. The number of ether oxygens (including phenoxy) is 1. The molecule has 1 fully saturated rings. The van der Waals surface area contributed by atoms with Crippen LogP contribution in [0.25, 0.3) is 0 Å². The van der Waals surface area contributed by atoms with E-state index in [1.165, 1.54) is 19.3 Å². The molecule has 1 aliphatic carbocycles. The zero-order chi connectivity index (χ0) is 11.1. The highest BCUT2D eigenvalue weighted by Crippen LogP contribution is 2.24. The van der Waals surface area contributed by atoms with E-state index in [4.69, 9.17) is 9.84 Å². The number of nitrogens with zero attached hydrogens (tertiary/aromatic N) is 1. The van der Waals surface area contributed by atoms with Gasteiger partial charge < -0.3 is 14.9 Å². The second kappa shape index (κ2) is 7.17. The van der Waals surface area contributed by atoms with E-state index >= 15 is 0 Å². The highest BCUT2D eigenvalue weighted by atomic mass is 16.5. The van der Waals surface area contributed by atoms with Gasteiger partial charge in [-0.1, -0.05) is 6.42 Å². The molecular weight excluding hydrogens is 194 g/mol. The van der Waals surface area contributed by atoms with Gasteiger partial charge in [-0.25, -0.2) is 0 Å². The lowest BCUT2D eigenvalue weighted by Crippen LogP contribution is -2.46. The van der Waals surface area contributed by atoms with Gasteiger partial charge in [0.05, 0.1) is 19.3 Å². The summed E-state index contributed by atoms with van der Waals surface area (Å²) in [6.45, 7) is 4.40. The van der Waals surface area contributed by atoms with E-state index in [1.54, 1.807) is 0 Å². The van der Waals surface area contributed by atoms with Gasteiger partial charge >= 0.3 is 0 Å². The van der Waals surface area contributed by atoms with Crippen LogP contribution in [-0.2, 0) is 4.74 Å². The second-order valence-corrected chi connectivity index (χ2v) is 4.12. The lowest BCUT2D eigenvalue weighted by atomic mass is 9.91. The highest BCUT2D eigenvalue weighted by molar-refractivity contribution is 4.81. The fourth-order valence-electron chi connectivity index (χ4n) is 1.88. The quantitative estimate of drug-likeness (QED) is 0.611. The summed E-state index contributed by atoms with van der Waals surface area (Å²) in [5.74, 6) is 0. The van der Waals surface area contributed by atoms with E-state index in [1.807, 2.05) is 6.92 Å². The number of aliphatic hydroxyl groups is 2. The van der Waals surface area contributed by atoms with Crippen LogP contribution in [0.15, 0.2) is 0 Å². The molecule has 90 valence electrons. The lowest BCUT2D eigenvalue weighted by Gasteiger charge is -2.38. The topological polar surface area (TPSA) is 52.9 Å². The van der Waals surface area contributed by atoms with E-state index in [9.17, 15) is 5.11 Å². The van der Waals surface area contributed by atoms with Crippen molar-refractivity contribution in [3.8, 4) is 0 Å². The van der Waals surface area contributed by atoms with Gasteiger partial charge in [-0.05, 0) is 19.8 Å². The third kappa shape index (κ3) is 4.47. The number of hydrogen-bond acceptors (Lipinski definition) is 4. The molecule has 0 spiro atoms. The molecule has 0 aromatic heterocycles. The summed E-state index contributed by atoms with van der Waals surface area (Å²) >= 11 is 0. The first-order valence-corrected chi connectivity index (χ1v) is 5.88. The Morgan fingerprint density at radius 3 is 2.67 bits per heavy atom. The standard InChI is InChI=1S/C11H23NO3/c1-2-15-9-11(14)8-12(6-7-13)10-4-3-5-10/h10-11,13-14H,2-9H2,1H3. The molecule has 4 nitrogen and oxygen atoms in total. The van der Waals surface area contributed by atoms with Crippen molar-refractivity contribution in [3.05, 3.63) is 0 Å². The molecule has 1 aliphatic rings. The summed E-state index contributed by atoms with van der Waals surface area (Å²) in [6.07, 6.45) is 3.23. The predicted molar refractivity (Wildman–Crippen MR) is 58.8 cm³/mol. The first-order valence-electron chi connectivity index (χ1n) is 5.88. The third-order valence-corrected chi connectivity index (χ3v) is 2.94. The van der Waals surface area contributed by atoms with Crippen LogP contribution < -0.4 is 0 Å². The molecule has 0 saturated heterocycles. The molecule has 1 saturated carbocycles. The van der Waals surface area contributed by atoms with Gasteiger partial charge in [0.25, 0.3) is 0 Å². The highest BCUT2D eigenvalue weighted by Gasteiger charge is 2.25. The molecule has 0 aliphatic heterocycles. The minimum absolute atomic E-state index is 0.165. The summed E-state index contributed by atoms with van der Waals surface area (Å²) in [5.41, 5.74) is 0. The minimum Gasteiger partial charge on any atom is -0.395 e. The van der Waals surface area contributed by atoms with Crippen LogP contribution in [0.5, 0.6) is 0 Å². The number of rotatable bonds is 8. The van der Waals surface area contributed by atoms with Crippen molar-refractivity contribution in [2.45, 2.75) is 38.3 Å². The Bertz CT molecular complexity index is 162. The third-order valence-electron chi connectivity index (χ3n) is 2.94. The van der Waals surface area contributed by atoms with E-state index in [2.05, 4.69) is 4.90 Å². The van der Waals surface area contributed by atoms with Gasteiger partial charge in [0.1, 0.15) is 0 Å². The molecule has 0 radical (unpaired) electrons. The van der Waals surface area contributed by atoms with Crippen molar-refractivity contribution in [1.29, 1.82) is 0 Å². The van der Waals surface area contributed by atoms with Crippen molar-refractivity contribution < 1.29 is 14.9 Å². The van der Waals surface area contributed by atoms with Crippen LogP contribution in [0.2, 0.25) is 0 Å². The van der Waals surface area contributed by atoms with Crippen molar-refractivity contribution in [3.63, 3.8) is 0 Å². The smallest absolute Gasteiger partial charge is 0.0900 e. The van der Waals surface area contributed by atoms with Gasteiger partial charge in [0.2, 0.25) is 0 Å². The summed E-state index contributed by atoms with van der Waals surface area (Å²) < 4.78 is 5.17. The summed E-state index contributed by atoms with van der Waals surface area (Å²) in [7, 11) is 0. The molecule has 4 heteroatoms. The molecule has 0 aromatic rings. The van der Waals surface area contributed by atoms with E-state index in [0.29, 0.717) is 32.3 Å². The maximum Gasteiger partial charge on any atom is 0.0900 e. The first kappa shape index (κ1) is 12.9. The number of hydrogen-bond donors (Lipinski definition) is 2. The Morgan fingerprint density at radius 2 is 2.20 bits per heavy atom. The maximum absolute atomic E-state index is 9.70. The average molecular weight is 217 g/mol. The van der Waals surface area contributed by atoms with Crippen LogP contribution >= 0.6 is 0 Å². The van der Waals surface area contributed by atoms with Gasteiger partial charge in [0, 0.05) is 25.7 Å². The van der Waals surface area contributed by atoms with Gasteiger partial charge in [0.15, 0.2) is 0 Å². The van der Waals surface area contributed by atoms with Crippen molar-refractivity contribution in [2.75, 3.05) is 32.9 Å². The molecule has 15 heavy (non-hydrogen) atoms. The van der Waals surface area contributed by atoms with Crippen LogP contribution in [0.3, 0.4) is 0 Å². The summed E-state index contributed by atoms with van der Waals surface area (Å²) in [5, 5.41) is 18.6. The van der Waals surface area contributed by atoms with Crippen LogP contribution in [0.1, 0.15) is 26.2 Å². The molecule has 1 rings (SSSR count). The Kier molecular flexibility index (Phi) is 6.17. The molecule has 0 aromatic carbocycles. The monoisotopic (exact) mass is 217 g/mol. The first-order chi connectivity index (χ1) is 7.27. The normalized spacial score (nSPS) is 19.2. The van der Waals surface area contributed by atoms with Gasteiger partial charge in [-0.15, -0.1) is 0 Å². The van der Waals surface area contributed by atoms with Crippen LogP contribution in [-0.4, -0.2) is 60.2 Å². The minimum atomic E-state index is -0.433. The van der Waals surface area contributed by atoms with Gasteiger partial charge in [-0.2, -0.15) is 0 Å². The fraction of sp³-hybridized carbons (Fsp3) is 1.00. The maximum atomic E-state index is 9.70. The molecule has 1 atom stereocenters.